The van der Waals surface area contributed by atoms with Crippen LogP contribution in [0.1, 0.15) is 44.2 Å². The monoisotopic (exact) mass is 344 g/mol. The number of aromatic nitrogens is 1. The lowest BCUT2D eigenvalue weighted by Gasteiger charge is -2.22. The van der Waals surface area contributed by atoms with E-state index in [0.29, 0.717) is 18.9 Å². The zero-order chi connectivity index (χ0) is 16.8. The first-order valence-electron chi connectivity index (χ1n) is 8.63. The Bertz CT molecular complexity index is 678. The Morgan fingerprint density at radius 2 is 2.08 bits per heavy atom. The van der Waals surface area contributed by atoms with Crippen LogP contribution in [-0.4, -0.2) is 24.0 Å². The maximum absolute atomic E-state index is 12.1. The lowest BCUT2D eigenvalue weighted by atomic mass is 9.95. The molecule has 1 N–H and O–H groups in total. The summed E-state index contributed by atoms with van der Waals surface area (Å²) in [6.45, 7) is 0. The maximum Gasteiger partial charge on any atom is 0.220 e. The van der Waals surface area contributed by atoms with Gasteiger partial charge in [0.15, 0.2) is 0 Å². The molecule has 1 aromatic carbocycles. The van der Waals surface area contributed by atoms with Crippen LogP contribution in [0.2, 0.25) is 0 Å². The van der Waals surface area contributed by atoms with Gasteiger partial charge in [-0.3, -0.25) is 4.79 Å². The summed E-state index contributed by atoms with van der Waals surface area (Å²) in [6, 6.07) is 8.26. The molecule has 0 unspecified atom stereocenters. The Morgan fingerprint density at radius 3 is 2.88 bits per heavy atom. The van der Waals surface area contributed by atoms with Crippen LogP contribution in [0, 0.1) is 0 Å². The number of carbonyl (C=O) groups excluding carboxylic acids is 1. The van der Waals surface area contributed by atoms with Crippen molar-refractivity contribution in [2.75, 3.05) is 7.11 Å². The zero-order valence-corrected chi connectivity index (χ0v) is 14.9. The summed E-state index contributed by atoms with van der Waals surface area (Å²) in [4.78, 5) is 16.8. The number of nitrogens with zero attached hydrogens (tertiary/aromatic N) is 1. The molecule has 0 aliphatic heterocycles. The first kappa shape index (κ1) is 17.0. The third-order valence-electron chi connectivity index (χ3n) is 4.47. The SMILES string of the molecule is COc1ccccc1-c1nc(CCC(=O)NC2CCCCC2)cs1. The summed E-state index contributed by atoms with van der Waals surface area (Å²) < 4.78 is 5.39. The average Bonchev–Trinajstić information content (AvgIpc) is 3.09. The maximum atomic E-state index is 12.1. The van der Waals surface area contributed by atoms with Gasteiger partial charge in [0.25, 0.3) is 0 Å². The van der Waals surface area contributed by atoms with Gasteiger partial charge in [0.1, 0.15) is 10.8 Å². The van der Waals surface area contributed by atoms with Gasteiger partial charge in [-0.1, -0.05) is 31.4 Å². The Balaban J connectivity index is 1.55. The molecule has 4 nitrogen and oxygen atoms in total. The Kier molecular flexibility index (Phi) is 5.86. The van der Waals surface area contributed by atoms with Gasteiger partial charge in [0, 0.05) is 17.8 Å². The molecule has 1 aromatic heterocycles. The zero-order valence-electron chi connectivity index (χ0n) is 14.1. The van der Waals surface area contributed by atoms with Crippen molar-refractivity contribution in [3.8, 4) is 16.3 Å². The Labute approximate surface area is 147 Å². The first-order chi connectivity index (χ1) is 11.8. The van der Waals surface area contributed by atoms with Gasteiger partial charge in [-0.25, -0.2) is 4.98 Å². The highest BCUT2D eigenvalue weighted by Crippen LogP contribution is 2.32. The summed E-state index contributed by atoms with van der Waals surface area (Å²) in [5, 5.41) is 6.14. The number of para-hydroxylation sites is 1. The summed E-state index contributed by atoms with van der Waals surface area (Å²) in [6.07, 6.45) is 7.21. The van der Waals surface area contributed by atoms with E-state index >= 15 is 0 Å². The number of ether oxygens (including phenoxy) is 1. The van der Waals surface area contributed by atoms with Gasteiger partial charge in [-0.2, -0.15) is 0 Å². The number of rotatable bonds is 6. The van der Waals surface area contributed by atoms with Crippen LogP contribution in [0.5, 0.6) is 5.75 Å². The van der Waals surface area contributed by atoms with E-state index in [0.717, 1.165) is 34.9 Å². The number of nitrogens with one attached hydrogen (secondary N) is 1. The second kappa shape index (κ2) is 8.29. The van der Waals surface area contributed by atoms with Crippen LogP contribution in [0.4, 0.5) is 0 Å². The van der Waals surface area contributed by atoms with Crippen molar-refractivity contribution in [1.29, 1.82) is 0 Å². The van der Waals surface area contributed by atoms with Crippen LogP contribution >= 0.6 is 11.3 Å². The molecule has 0 radical (unpaired) electrons. The largest absolute Gasteiger partial charge is 0.496 e. The van der Waals surface area contributed by atoms with E-state index in [2.05, 4.69) is 10.3 Å². The number of hydrogen-bond donors (Lipinski definition) is 1. The van der Waals surface area contributed by atoms with E-state index in [-0.39, 0.29) is 5.91 Å². The number of hydrogen-bond acceptors (Lipinski definition) is 4. The molecule has 1 saturated carbocycles. The Morgan fingerprint density at radius 1 is 1.29 bits per heavy atom. The fraction of sp³-hybridized carbons (Fsp3) is 0.474. The van der Waals surface area contributed by atoms with Crippen LogP contribution in [0.3, 0.4) is 0 Å². The molecule has 2 aromatic rings. The molecule has 1 heterocycles. The van der Waals surface area contributed by atoms with Crippen molar-refractivity contribution in [3.63, 3.8) is 0 Å². The van der Waals surface area contributed by atoms with E-state index in [1.54, 1.807) is 18.4 Å². The molecule has 0 atom stereocenters. The van der Waals surface area contributed by atoms with Crippen LogP contribution in [0.25, 0.3) is 10.6 Å². The molecule has 128 valence electrons. The lowest BCUT2D eigenvalue weighted by Crippen LogP contribution is -2.36. The second-order valence-corrected chi connectivity index (χ2v) is 7.10. The van der Waals surface area contributed by atoms with E-state index < -0.39 is 0 Å². The topological polar surface area (TPSA) is 51.2 Å². The molecule has 24 heavy (non-hydrogen) atoms. The first-order valence-corrected chi connectivity index (χ1v) is 9.51. The Hall–Kier alpha value is -1.88. The van der Waals surface area contributed by atoms with Gasteiger partial charge >= 0.3 is 0 Å². The van der Waals surface area contributed by atoms with Crippen LogP contribution in [0.15, 0.2) is 29.6 Å². The summed E-state index contributed by atoms with van der Waals surface area (Å²) in [7, 11) is 1.67. The van der Waals surface area contributed by atoms with Crippen molar-refractivity contribution in [1.82, 2.24) is 10.3 Å². The highest BCUT2D eigenvalue weighted by Gasteiger charge is 2.16. The van der Waals surface area contributed by atoms with E-state index in [1.807, 2.05) is 29.6 Å². The highest BCUT2D eigenvalue weighted by molar-refractivity contribution is 7.13. The minimum absolute atomic E-state index is 0.147. The molecule has 0 spiro atoms. The third-order valence-corrected chi connectivity index (χ3v) is 5.39. The van der Waals surface area contributed by atoms with E-state index in [4.69, 9.17) is 4.74 Å². The lowest BCUT2D eigenvalue weighted by molar-refractivity contribution is -0.122. The number of carbonyl (C=O) groups is 1. The number of benzene rings is 1. The number of amides is 1. The standard InChI is InChI=1S/C19H24N2O2S/c1-23-17-10-6-5-9-16(17)19-21-15(13-24-19)11-12-18(22)20-14-7-3-2-4-8-14/h5-6,9-10,13-14H,2-4,7-8,11-12H2,1H3,(H,20,22). The fourth-order valence-corrected chi connectivity index (χ4v) is 4.04. The van der Waals surface area contributed by atoms with Crippen molar-refractivity contribution in [2.24, 2.45) is 0 Å². The molecular weight excluding hydrogens is 320 g/mol. The molecule has 5 heteroatoms. The number of thiazole rings is 1. The van der Waals surface area contributed by atoms with Gasteiger partial charge < -0.3 is 10.1 Å². The molecular formula is C19H24N2O2S. The van der Waals surface area contributed by atoms with E-state index in [9.17, 15) is 4.79 Å². The minimum atomic E-state index is 0.147. The number of methoxy groups -OCH3 is 1. The van der Waals surface area contributed by atoms with Gasteiger partial charge in [-0.15, -0.1) is 11.3 Å². The normalized spacial score (nSPS) is 15.2. The van der Waals surface area contributed by atoms with Crippen molar-refractivity contribution < 1.29 is 9.53 Å². The molecule has 1 aliphatic rings. The van der Waals surface area contributed by atoms with E-state index in [1.165, 1.54) is 19.3 Å². The van der Waals surface area contributed by atoms with Gasteiger partial charge in [0.2, 0.25) is 5.91 Å². The predicted octanol–water partition coefficient (Wildman–Crippen LogP) is 4.20. The van der Waals surface area contributed by atoms with Crippen molar-refractivity contribution in [3.05, 3.63) is 35.3 Å². The van der Waals surface area contributed by atoms with Crippen molar-refractivity contribution in [2.45, 2.75) is 51.0 Å². The third kappa shape index (κ3) is 4.35. The highest BCUT2D eigenvalue weighted by atomic mass is 32.1. The summed E-state index contributed by atoms with van der Waals surface area (Å²) in [5.41, 5.74) is 1.97. The second-order valence-electron chi connectivity index (χ2n) is 6.25. The van der Waals surface area contributed by atoms with Gasteiger partial charge in [0.05, 0.1) is 18.4 Å². The summed E-state index contributed by atoms with van der Waals surface area (Å²) in [5.74, 6) is 0.974. The molecule has 0 bridgehead atoms. The molecule has 0 saturated heterocycles. The quantitative estimate of drug-likeness (QED) is 0.854. The average molecular weight is 344 g/mol. The minimum Gasteiger partial charge on any atom is -0.496 e. The van der Waals surface area contributed by atoms with Gasteiger partial charge in [-0.05, 0) is 31.4 Å². The molecule has 1 fully saturated rings. The van der Waals surface area contributed by atoms with Crippen LogP contribution < -0.4 is 10.1 Å². The predicted molar refractivity (Wildman–Crippen MR) is 97.4 cm³/mol. The molecule has 1 amide bonds. The molecule has 1 aliphatic carbocycles. The smallest absolute Gasteiger partial charge is 0.220 e. The molecule has 3 rings (SSSR count). The van der Waals surface area contributed by atoms with Crippen molar-refractivity contribution >= 4 is 17.2 Å². The fourth-order valence-electron chi connectivity index (χ4n) is 3.16. The summed E-state index contributed by atoms with van der Waals surface area (Å²) >= 11 is 1.60. The van der Waals surface area contributed by atoms with Crippen LogP contribution in [-0.2, 0) is 11.2 Å². The number of aryl methyl sites for hydroxylation is 1.